The van der Waals surface area contributed by atoms with E-state index in [0.717, 1.165) is 23.1 Å². The van der Waals surface area contributed by atoms with Crippen molar-refractivity contribution >= 4 is 10.8 Å². The molecule has 0 amide bonds. The molecule has 0 heterocycles. The molecule has 3 rings (SSSR count). The zero-order valence-corrected chi connectivity index (χ0v) is 12.0. The van der Waals surface area contributed by atoms with E-state index in [9.17, 15) is 4.39 Å². The molecule has 0 aliphatic heterocycles. The van der Waals surface area contributed by atoms with Gasteiger partial charge >= 0.3 is 0 Å². The minimum atomic E-state index is -0.125. The Balaban J connectivity index is 1.96. The summed E-state index contributed by atoms with van der Waals surface area (Å²) in [5, 5.41) is 5.21. The van der Waals surface area contributed by atoms with E-state index in [2.05, 4.69) is 5.32 Å². The van der Waals surface area contributed by atoms with Crippen molar-refractivity contribution in [2.75, 3.05) is 7.05 Å². The average Bonchev–Trinajstić information content (AvgIpc) is 2.99. The smallest absolute Gasteiger partial charge is 0.131 e. The third-order valence-electron chi connectivity index (χ3n) is 4.67. The highest BCUT2D eigenvalue weighted by atomic mass is 19.1. The molecule has 0 spiro atoms. The summed E-state index contributed by atoms with van der Waals surface area (Å²) in [5.41, 5.74) is 1.23. The third kappa shape index (κ3) is 2.57. The molecule has 1 aliphatic carbocycles. The van der Waals surface area contributed by atoms with Gasteiger partial charge in [0.05, 0.1) is 0 Å². The quantitative estimate of drug-likeness (QED) is 0.840. The first-order chi connectivity index (χ1) is 9.79. The lowest BCUT2D eigenvalue weighted by Crippen LogP contribution is -2.19. The average molecular weight is 271 g/mol. The Morgan fingerprint density at radius 3 is 2.50 bits per heavy atom. The Morgan fingerprint density at radius 2 is 1.80 bits per heavy atom. The Labute approximate surface area is 120 Å². The van der Waals surface area contributed by atoms with Gasteiger partial charge in [0.1, 0.15) is 5.82 Å². The maximum atomic E-state index is 13.9. The van der Waals surface area contributed by atoms with Crippen LogP contribution in [0.4, 0.5) is 4.39 Å². The molecule has 20 heavy (non-hydrogen) atoms. The van der Waals surface area contributed by atoms with Crippen LogP contribution in [0, 0.1) is 11.7 Å². The minimum Gasteiger partial charge on any atom is -0.313 e. The van der Waals surface area contributed by atoms with Crippen LogP contribution in [0.25, 0.3) is 10.8 Å². The van der Waals surface area contributed by atoms with Gasteiger partial charge in [-0.3, -0.25) is 0 Å². The van der Waals surface area contributed by atoms with E-state index in [1.165, 1.54) is 31.2 Å². The molecule has 0 aromatic heterocycles. The van der Waals surface area contributed by atoms with Gasteiger partial charge < -0.3 is 5.32 Å². The topological polar surface area (TPSA) is 12.0 Å². The van der Waals surface area contributed by atoms with Crippen molar-refractivity contribution in [3.05, 3.63) is 47.8 Å². The fourth-order valence-corrected chi connectivity index (χ4v) is 3.57. The number of halogens is 1. The Kier molecular flexibility index (Phi) is 4.02. The second-order valence-corrected chi connectivity index (χ2v) is 5.91. The van der Waals surface area contributed by atoms with Crippen LogP contribution in [0.15, 0.2) is 36.4 Å². The van der Waals surface area contributed by atoms with Gasteiger partial charge in [-0.1, -0.05) is 56.0 Å². The zero-order chi connectivity index (χ0) is 13.9. The van der Waals surface area contributed by atoms with Crippen molar-refractivity contribution in [3.8, 4) is 0 Å². The summed E-state index contributed by atoms with van der Waals surface area (Å²) < 4.78 is 13.9. The maximum Gasteiger partial charge on any atom is 0.131 e. The van der Waals surface area contributed by atoms with E-state index >= 15 is 0 Å². The minimum absolute atomic E-state index is 0.125. The van der Waals surface area contributed by atoms with Gasteiger partial charge in [0.2, 0.25) is 0 Å². The molecule has 1 unspecified atom stereocenters. The number of rotatable bonds is 4. The van der Waals surface area contributed by atoms with Crippen molar-refractivity contribution in [1.29, 1.82) is 0 Å². The largest absolute Gasteiger partial charge is 0.313 e. The maximum absolute atomic E-state index is 13.9. The van der Waals surface area contributed by atoms with Crippen molar-refractivity contribution in [1.82, 2.24) is 5.32 Å². The second kappa shape index (κ2) is 5.92. The van der Waals surface area contributed by atoms with E-state index in [0.29, 0.717) is 6.04 Å². The van der Waals surface area contributed by atoms with Crippen LogP contribution < -0.4 is 5.32 Å². The monoisotopic (exact) mass is 271 g/mol. The van der Waals surface area contributed by atoms with Gasteiger partial charge in [-0.2, -0.15) is 0 Å². The zero-order valence-electron chi connectivity index (χ0n) is 12.0. The lowest BCUT2D eigenvalue weighted by atomic mass is 9.90. The molecular weight excluding hydrogens is 249 g/mol. The standard InChI is InChI=1S/C18H22FN/c1-20-18(12-13-6-2-3-7-13)16-10-11-17(19)15-9-5-4-8-14(15)16/h4-5,8-11,13,18,20H,2-3,6-7,12H2,1H3. The van der Waals surface area contributed by atoms with Gasteiger partial charge in [-0.05, 0) is 36.4 Å². The summed E-state index contributed by atoms with van der Waals surface area (Å²) in [6.45, 7) is 0. The van der Waals surface area contributed by atoms with Gasteiger partial charge in [0, 0.05) is 11.4 Å². The SMILES string of the molecule is CNC(CC1CCCC1)c1ccc(F)c2ccccc12. The highest BCUT2D eigenvalue weighted by molar-refractivity contribution is 5.86. The number of hydrogen-bond donors (Lipinski definition) is 1. The van der Waals surface area contributed by atoms with Gasteiger partial charge in [-0.15, -0.1) is 0 Å². The van der Waals surface area contributed by atoms with Crippen molar-refractivity contribution in [2.24, 2.45) is 5.92 Å². The first-order valence-corrected chi connectivity index (χ1v) is 7.64. The van der Waals surface area contributed by atoms with E-state index in [-0.39, 0.29) is 5.82 Å². The van der Waals surface area contributed by atoms with Gasteiger partial charge in [0.25, 0.3) is 0 Å². The van der Waals surface area contributed by atoms with Crippen molar-refractivity contribution in [3.63, 3.8) is 0 Å². The first kappa shape index (κ1) is 13.6. The molecule has 1 nitrogen and oxygen atoms in total. The molecular formula is C18H22FN. The Hall–Kier alpha value is -1.41. The normalized spacial score (nSPS) is 17.7. The molecule has 1 aliphatic rings. The number of hydrogen-bond acceptors (Lipinski definition) is 1. The number of fused-ring (bicyclic) bond motifs is 1. The highest BCUT2D eigenvalue weighted by Crippen LogP contribution is 2.35. The van der Waals surface area contributed by atoms with Crippen LogP contribution in [-0.2, 0) is 0 Å². The predicted molar refractivity (Wildman–Crippen MR) is 82.3 cm³/mol. The lowest BCUT2D eigenvalue weighted by molar-refractivity contribution is 0.415. The molecule has 0 bridgehead atoms. The summed E-state index contributed by atoms with van der Waals surface area (Å²) in [5.74, 6) is 0.691. The molecule has 1 saturated carbocycles. The van der Waals surface area contributed by atoms with Crippen LogP contribution in [0.5, 0.6) is 0 Å². The highest BCUT2D eigenvalue weighted by Gasteiger charge is 2.21. The molecule has 0 radical (unpaired) electrons. The molecule has 1 N–H and O–H groups in total. The summed E-state index contributed by atoms with van der Waals surface area (Å²) >= 11 is 0. The third-order valence-corrected chi connectivity index (χ3v) is 4.67. The Bertz CT molecular complexity index is 587. The van der Waals surface area contributed by atoms with Crippen LogP contribution in [0.3, 0.4) is 0 Å². The first-order valence-electron chi connectivity index (χ1n) is 7.64. The van der Waals surface area contributed by atoms with Crippen LogP contribution >= 0.6 is 0 Å². The fraction of sp³-hybridized carbons (Fsp3) is 0.444. The molecule has 0 saturated heterocycles. The van der Waals surface area contributed by atoms with Gasteiger partial charge in [0.15, 0.2) is 0 Å². The van der Waals surface area contributed by atoms with E-state index in [4.69, 9.17) is 0 Å². The molecule has 106 valence electrons. The van der Waals surface area contributed by atoms with Crippen LogP contribution in [-0.4, -0.2) is 7.05 Å². The predicted octanol–water partition coefficient (Wildman–Crippen LogP) is 4.82. The van der Waals surface area contributed by atoms with Crippen molar-refractivity contribution in [2.45, 2.75) is 38.1 Å². The van der Waals surface area contributed by atoms with E-state index < -0.39 is 0 Å². The molecule has 1 fully saturated rings. The molecule has 2 aromatic carbocycles. The van der Waals surface area contributed by atoms with Crippen molar-refractivity contribution < 1.29 is 4.39 Å². The summed E-state index contributed by atoms with van der Waals surface area (Å²) in [6.07, 6.45) is 6.58. The fourth-order valence-electron chi connectivity index (χ4n) is 3.57. The summed E-state index contributed by atoms with van der Waals surface area (Å²) in [4.78, 5) is 0. The lowest BCUT2D eigenvalue weighted by Gasteiger charge is -2.22. The van der Waals surface area contributed by atoms with E-state index in [1.54, 1.807) is 6.07 Å². The van der Waals surface area contributed by atoms with Gasteiger partial charge in [-0.25, -0.2) is 4.39 Å². The van der Waals surface area contributed by atoms with Crippen LogP contribution in [0.1, 0.15) is 43.7 Å². The number of benzene rings is 2. The summed E-state index contributed by atoms with van der Waals surface area (Å²) in [6, 6.07) is 11.7. The molecule has 1 atom stereocenters. The van der Waals surface area contributed by atoms with E-state index in [1.807, 2.05) is 37.4 Å². The Morgan fingerprint density at radius 1 is 1.10 bits per heavy atom. The number of nitrogens with one attached hydrogen (secondary N) is 1. The van der Waals surface area contributed by atoms with Crippen LogP contribution in [0.2, 0.25) is 0 Å². The second-order valence-electron chi connectivity index (χ2n) is 5.91. The molecule has 2 aromatic rings. The summed E-state index contributed by atoms with van der Waals surface area (Å²) in [7, 11) is 2.01. The molecule has 2 heteroatoms.